The highest BCUT2D eigenvalue weighted by atomic mass is 16.1. The molecule has 0 radical (unpaired) electrons. The lowest BCUT2D eigenvalue weighted by atomic mass is 10.2. The average molecular weight is 267 g/mol. The molecule has 4 N–H and O–H groups in total. The molecule has 0 atom stereocenters. The number of aryl methyl sites for hydroxylation is 1. The van der Waals surface area contributed by atoms with E-state index in [1.165, 1.54) is 0 Å². The Kier molecular flexibility index (Phi) is 5.82. The van der Waals surface area contributed by atoms with Crippen LogP contribution in [0, 0.1) is 0 Å². The largest absolute Gasteiger partial charge is 0.395 e. The minimum Gasteiger partial charge on any atom is -0.395 e. The number of carbonyl (C=O) groups is 1. The quantitative estimate of drug-likeness (QED) is 0.688. The number of nitrogens with one attached hydrogen (secondary N) is 2. The fraction of sp³-hybridized carbons (Fsp3) is 0.692. The van der Waals surface area contributed by atoms with E-state index in [2.05, 4.69) is 41.2 Å². The number of rotatable bonds is 7. The standard InChI is InChI=1S/C13H25N5O/c1-5-6-10-11(14)12(17-16-10)13(19)15-7-8-18(4)9(2)3/h9H,5-8,14H2,1-4H3,(H,15,19)(H,16,17). The molecule has 0 unspecified atom stereocenters. The number of likely N-dealkylation sites (N-methyl/N-ethyl adjacent to an activating group) is 1. The molecule has 19 heavy (non-hydrogen) atoms. The summed E-state index contributed by atoms with van der Waals surface area (Å²) in [4.78, 5) is 14.1. The number of H-pyrrole nitrogens is 1. The van der Waals surface area contributed by atoms with Crippen molar-refractivity contribution in [3.8, 4) is 0 Å². The molecule has 0 aromatic carbocycles. The van der Waals surface area contributed by atoms with E-state index in [0.29, 0.717) is 24.0 Å². The third kappa shape index (κ3) is 4.24. The second-order valence-corrected chi connectivity index (χ2v) is 5.04. The molecule has 6 nitrogen and oxygen atoms in total. The van der Waals surface area contributed by atoms with Gasteiger partial charge in [-0.2, -0.15) is 5.10 Å². The van der Waals surface area contributed by atoms with Gasteiger partial charge >= 0.3 is 0 Å². The van der Waals surface area contributed by atoms with E-state index in [1.54, 1.807) is 0 Å². The van der Waals surface area contributed by atoms with E-state index < -0.39 is 0 Å². The number of carbonyl (C=O) groups excluding carboxylic acids is 1. The number of hydrogen-bond acceptors (Lipinski definition) is 4. The molecule has 1 aromatic heterocycles. The maximum absolute atomic E-state index is 11.9. The first-order chi connectivity index (χ1) is 8.97. The minimum absolute atomic E-state index is 0.215. The monoisotopic (exact) mass is 267 g/mol. The van der Waals surface area contributed by atoms with Crippen LogP contribution in [0.2, 0.25) is 0 Å². The van der Waals surface area contributed by atoms with Crippen molar-refractivity contribution in [2.45, 2.75) is 39.7 Å². The lowest BCUT2D eigenvalue weighted by Gasteiger charge is -2.20. The highest BCUT2D eigenvalue weighted by Gasteiger charge is 2.16. The Hall–Kier alpha value is -1.56. The van der Waals surface area contributed by atoms with Gasteiger partial charge in [-0.3, -0.25) is 9.89 Å². The second-order valence-electron chi connectivity index (χ2n) is 5.04. The predicted octanol–water partition coefficient (Wildman–Crippen LogP) is 1.01. The number of nitrogens with zero attached hydrogens (tertiary/aromatic N) is 2. The summed E-state index contributed by atoms with van der Waals surface area (Å²) in [5.74, 6) is -0.215. The Morgan fingerprint density at radius 3 is 2.79 bits per heavy atom. The molecule has 0 saturated carbocycles. The van der Waals surface area contributed by atoms with Crippen molar-refractivity contribution < 1.29 is 4.79 Å². The fourth-order valence-corrected chi connectivity index (χ4v) is 1.69. The third-order valence-corrected chi connectivity index (χ3v) is 3.23. The normalized spacial score (nSPS) is 11.3. The Morgan fingerprint density at radius 1 is 1.53 bits per heavy atom. The van der Waals surface area contributed by atoms with E-state index in [9.17, 15) is 4.79 Å². The summed E-state index contributed by atoms with van der Waals surface area (Å²) in [6.45, 7) is 7.68. The molecule has 0 aliphatic heterocycles. The molecule has 108 valence electrons. The highest BCUT2D eigenvalue weighted by Crippen LogP contribution is 2.15. The molecular weight excluding hydrogens is 242 g/mol. The molecule has 1 heterocycles. The second kappa shape index (κ2) is 7.13. The number of nitrogens with two attached hydrogens (primary N) is 1. The first kappa shape index (κ1) is 15.5. The molecule has 1 amide bonds. The van der Waals surface area contributed by atoms with Crippen LogP contribution in [0.1, 0.15) is 43.4 Å². The van der Waals surface area contributed by atoms with Gasteiger partial charge in [0.05, 0.1) is 11.4 Å². The van der Waals surface area contributed by atoms with Gasteiger partial charge in [0.25, 0.3) is 5.91 Å². The van der Waals surface area contributed by atoms with Gasteiger partial charge < -0.3 is 16.0 Å². The van der Waals surface area contributed by atoms with E-state index >= 15 is 0 Å². The number of aromatic nitrogens is 2. The molecule has 0 bridgehead atoms. The van der Waals surface area contributed by atoms with E-state index in [-0.39, 0.29) is 5.91 Å². The molecule has 0 aliphatic carbocycles. The predicted molar refractivity (Wildman–Crippen MR) is 77.1 cm³/mol. The first-order valence-electron chi connectivity index (χ1n) is 6.78. The fourth-order valence-electron chi connectivity index (χ4n) is 1.69. The number of hydrogen-bond donors (Lipinski definition) is 3. The lowest BCUT2D eigenvalue weighted by Crippen LogP contribution is -2.36. The molecule has 0 aliphatic rings. The van der Waals surface area contributed by atoms with Crippen LogP contribution in [-0.4, -0.2) is 47.2 Å². The Labute approximate surface area is 114 Å². The van der Waals surface area contributed by atoms with Gasteiger partial charge in [0, 0.05) is 19.1 Å². The van der Waals surface area contributed by atoms with E-state index in [1.807, 2.05) is 7.05 Å². The van der Waals surface area contributed by atoms with Crippen LogP contribution in [0.3, 0.4) is 0 Å². The zero-order chi connectivity index (χ0) is 14.4. The Balaban J connectivity index is 2.50. The maximum atomic E-state index is 11.9. The summed E-state index contributed by atoms with van der Waals surface area (Å²) in [5, 5.41) is 9.66. The summed E-state index contributed by atoms with van der Waals surface area (Å²) in [6, 6.07) is 0.462. The van der Waals surface area contributed by atoms with Gasteiger partial charge in [-0.05, 0) is 27.3 Å². The number of aromatic amines is 1. The van der Waals surface area contributed by atoms with Crippen molar-refractivity contribution in [3.05, 3.63) is 11.4 Å². The van der Waals surface area contributed by atoms with Crippen LogP contribution in [0.5, 0.6) is 0 Å². The topological polar surface area (TPSA) is 87.0 Å². The number of nitrogen functional groups attached to an aromatic ring is 1. The van der Waals surface area contributed by atoms with Crippen molar-refractivity contribution in [2.75, 3.05) is 25.9 Å². The molecule has 1 rings (SSSR count). The summed E-state index contributed by atoms with van der Waals surface area (Å²) in [7, 11) is 2.03. The van der Waals surface area contributed by atoms with Crippen LogP contribution >= 0.6 is 0 Å². The summed E-state index contributed by atoms with van der Waals surface area (Å²) in [6.07, 6.45) is 1.77. The van der Waals surface area contributed by atoms with E-state index in [0.717, 1.165) is 25.1 Å². The Bertz CT molecular complexity index is 413. The zero-order valence-corrected chi connectivity index (χ0v) is 12.3. The third-order valence-electron chi connectivity index (χ3n) is 3.23. The summed E-state index contributed by atoms with van der Waals surface area (Å²) >= 11 is 0. The average Bonchev–Trinajstić information content (AvgIpc) is 2.71. The van der Waals surface area contributed by atoms with Gasteiger partial charge in [-0.25, -0.2) is 0 Å². The van der Waals surface area contributed by atoms with Crippen LogP contribution < -0.4 is 11.1 Å². The van der Waals surface area contributed by atoms with Gasteiger partial charge in [0.2, 0.25) is 0 Å². The minimum atomic E-state index is -0.215. The molecule has 1 aromatic rings. The van der Waals surface area contributed by atoms with Crippen molar-refractivity contribution in [2.24, 2.45) is 0 Å². The van der Waals surface area contributed by atoms with Crippen molar-refractivity contribution in [3.63, 3.8) is 0 Å². The van der Waals surface area contributed by atoms with Crippen molar-refractivity contribution in [1.29, 1.82) is 0 Å². The molecule has 0 saturated heterocycles. The molecule has 0 spiro atoms. The van der Waals surface area contributed by atoms with Crippen molar-refractivity contribution >= 4 is 11.6 Å². The lowest BCUT2D eigenvalue weighted by molar-refractivity contribution is 0.0944. The Morgan fingerprint density at radius 2 is 2.21 bits per heavy atom. The zero-order valence-electron chi connectivity index (χ0n) is 12.3. The highest BCUT2D eigenvalue weighted by molar-refractivity contribution is 5.97. The SMILES string of the molecule is CCCc1[nH]nc(C(=O)NCCN(C)C(C)C)c1N. The molecular formula is C13H25N5O. The molecule has 0 fully saturated rings. The summed E-state index contributed by atoms with van der Waals surface area (Å²) < 4.78 is 0. The number of anilines is 1. The van der Waals surface area contributed by atoms with Crippen LogP contribution in [0.25, 0.3) is 0 Å². The maximum Gasteiger partial charge on any atom is 0.273 e. The van der Waals surface area contributed by atoms with E-state index in [4.69, 9.17) is 5.73 Å². The smallest absolute Gasteiger partial charge is 0.273 e. The van der Waals surface area contributed by atoms with Gasteiger partial charge in [-0.15, -0.1) is 0 Å². The van der Waals surface area contributed by atoms with Gasteiger partial charge in [0.15, 0.2) is 5.69 Å². The molecule has 6 heteroatoms. The van der Waals surface area contributed by atoms with Crippen LogP contribution in [-0.2, 0) is 6.42 Å². The first-order valence-corrected chi connectivity index (χ1v) is 6.78. The van der Waals surface area contributed by atoms with Crippen LogP contribution in [0.15, 0.2) is 0 Å². The van der Waals surface area contributed by atoms with Gasteiger partial charge in [-0.1, -0.05) is 13.3 Å². The van der Waals surface area contributed by atoms with Crippen molar-refractivity contribution in [1.82, 2.24) is 20.4 Å². The van der Waals surface area contributed by atoms with Crippen LogP contribution in [0.4, 0.5) is 5.69 Å². The van der Waals surface area contributed by atoms with Gasteiger partial charge in [0.1, 0.15) is 0 Å². The number of amides is 1. The summed E-state index contributed by atoms with van der Waals surface area (Å²) in [5.41, 5.74) is 7.52.